The number of pyridine rings is 1. The minimum atomic E-state index is 0.551. The number of imidazole rings is 1. The topological polar surface area (TPSA) is 55.2 Å². The first-order valence-electron chi connectivity index (χ1n) is 9.34. The predicted molar refractivity (Wildman–Crippen MR) is 97.9 cm³/mol. The minimum absolute atomic E-state index is 0.551. The van der Waals surface area contributed by atoms with Crippen LogP contribution in [0.1, 0.15) is 31.0 Å². The van der Waals surface area contributed by atoms with Gasteiger partial charge in [-0.25, -0.2) is 9.97 Å². The van der Waals surface area contributed by atoms with Gasteiger partial charge in [0.05, 0.1) is 12.8 Å². The maximum atomic E-state index is 5.27. The van der Waals surface area contributed by atoms with Crippen molar-refractivity contribution in [2.75, 3.05) is 39.8 Å². The van der Waals surface area contributed by atoms with E-state index in [0.717, 1.165) is 37.4 Å². The molecule has 2 aromatic heterocycles. The van der Waals surface area contributed by atoms with Gasteiger partial charge in [-0.05, 0) is 51.5 Å². The van der Waals surface area contributed by atoms with Crippen LogP contribution in [0.3, 0.4) is 0 Å². The standard InChI is InChI=1S/C19H27N5O/c1-25-18-13-16(5-8-21-18)17-14-24(12-11-23-9-2-10-23)19(22-17)15-3-6-20-7-4-15/h5,8,13-15,20H,2-4,6-7,9-12H2,1H3. The Balaban J connectivity index is 1.61. The molecule has 6 heteroatoms. The number of nitrogens with one attached hydrogen (secondary N) is 1. The smallest absolute Gasteiger partial charge is 0.213 e. The molecule has 2 saturated heterocycles. The highest BCUT2D eigenvalue weighted by atomic mass is 16.5. The summed E-state index contributed by atoms with van der Waals surface area (Å²) in [6, 6.07) is 3.98. The monoisotopic (exact) mass is 341 g/mol. The molecule has 25 heavy (non-hydrogen) atoms. The number of methoxy groups -OCH3 is 1. The molecule has 2 aliphatic heterocycles. The van der Waals surface area contributed by atoms with Crippen LogP contribution in [-0.2, 0) is 6.54 Å². The van der Waals surface area contributed by atoms with Crippen molar-refractivity contribution in [2.45, 2.75) is 31.7 Å². The summed E-state index contributed by atoms with van der Waals surface area (Å²) in [5, 5.41) is 3.46. The Labute approximate surface area is 149 Å². The number of nitrogens with zero attached hydrogens (tertiary/aromatic N) is 4. The van der Waals surface area contributed by atoms with Gasteiger partial charge in [0.1, 0.15) is 5.82 Å². The largest absolute Gasteiger partial charge is 0.481 e. The predicted octanol–water partition coefficient (Wildman–Crippen LogP) is 2.13. The molecule has 2 aromatic rings. The average Bonchev–Trinajstić information content (AvgIpc) is 3.05. The lowest BCUT2D eigenvalue weighted by Crippen LogP contribution is -2.39. The van der Waals surface area contributed by atoms with E-state index in [1.165, 1.54) is 38.2 Å². The molecule has 4 heterocycles. The maximum Gasteiger partial charge on any atom is 0.213 e. The second-order valence-corrected chi connectivity index (χ2v) is 6.98. The molecule has 0 unspecified atom stereocenters. The van der Waals surface area contributed by atoms with E-state index in [2.05, 4.69) is 26.0 Å². The van der Waals surface area contributed by atoms with E-state index < -0.39 is 0 Å². The van der Waals surface area contributed by atoms with E-state index in [1.807, 2.05) is 12.1 Å². The van der Waals surface area contributed by atoms with Crippen molar-refractivity contribution >= 4 is 0 Å². The van der Waals surface area contributed by atoms with Crippen molar-refractivity contribution in [1.82, 2.24) is 24.8 Å². The van der Waals surface area contributed by atoms with Crippen molar-refractivity contribution in [3.63, 3.8) is 0 Å². The van der Waals surface area contributed by atoms with Crippen LogP contribution in [0.4, 0.5) is 0 Å². The molecule has 0 bridgehead atoms. The summed E-state index contributed by atoms with van der Waals surface area (Å²) in [7, 11) is 1.65. The highest BCUT2D eigenvalue weighted by Gasteiger charge is 2.23. The van der Waals surface area contributed by atoms with Crippen molar-refractivity contribution in [3.05, 3.63) is 30.4 Å². The summed E-state index contributed by atoms with van der Waals surface area (Å²) in [4.78, 5) is 11.8. The molecule has 2 aliphatic rings. The lowest BCUT2D eigenvalue weighted by atomic mass is 9.97. The van der Waals surface area contributed by atoms with Crippen LogP contribution in [0, 0.1) is 0 Å². The zero-order valence-electron chi connectivity index (χ0n) is 14.9. The Morgan fingerprint density at radius 2 is 2.08 bits per heavy atom. The van der Waals surface area contributed by atoms with Gasteiger partial charge >= 0.3 is 0 Å². The van der Waals surface area contributed by atoms with E-state index in [0.29, 0.717) is 11.8 Å². The highest BCUT2D eigenvalue weighted by molar-refractivity contribution is 5.59. The zero-order chi connectivity index (χ0) is 17.1. The average molecular weight is 341 g/mol. The van der Waals surface area contributed by atoms with Crippen LogP contribution in [0.25, 0.3) is 11.3 Å². The van der Waals surface area contributed by atoms with Crippen LogP contribution >= 0.6 is 0 Å². The van der Waals surface area contributed by atoms with Gasteiger partial charge in [-0.2, -0.15) is 0 Å². The normalized spacial score (nSPS) is 18.9. The van der Waals surface area contributed by atoms with Crippen LogP contribution in [0.15, 0.2) is 24.5 Å². The Morgan fingerprint density at radius 3 is 2.80 bits per heavy atom. The fourth-order valence-electron chi connectivity index (χ4n) is 3.69. The number of rotatable bonds is 6. The molecule has 0 atom stereocenters. The molecule has 2 fully saturated rings. The van der Waals surface area contributed by atoms with Crippen molar-refractivity contribution in [2.24, 2.45) is 0 Å². The fourth-order valence-corrected chi connectivity index (χ4v) is 3.69. The number of piperidine rings is 1. The lowest BCUT2D eigenvalue weighted by Gasteiger charge is -2.31. The molecule has 4 rings (SSSR count). The molecule has 134 valence electrons. The van der Waals surface area contributed by atoms with Gasteiger partial charge in [0.15, 0.2) is 0 Å². The number of likely N-dealkylation sites (tertiary alicyclic amines) is 1. The third-order valence-electron chi connectivity index (χ3n) is 5.36. The molecular formula is C19H27N5O. The number of ether oxygens (including phenoxy) is 1. The molecule has 0 aromatic carbocycles. The molecule has 0 amide bonds. The van der Waals surface area contributed by atoms with E-state index in [4.69, 9.17) is 9.72 Å². The fraction of sp³-hybridized carbons (Fsp3) is 0.579. The Kier molecular flexibility index (Phi) is 4.99. The van der Waals surface area contributed by atoms with Gasteiger partial charge in [-0.1, -0.05) is 0 Å². The summed E-state index contributed by atoms with van der Waals surface area (Å²) in [6.45, 7) is 6.80. The van der Waals surface area contributed by atoms with Crippen molar-refractivity contribution < 1.29 is 4.74 Å². The van der Waals surface area contributed by atoms with E-state index >= 15 is 0 Å². The van der Waals surface area contributed by atoms with E-state index in [9.17, 15) is 0 Å². The van der Waals surface area contributed by atoms with Crippen molar-refractivity contribution in [1.29, 1.82) is 0 Å². The molecule has 0 aliphatic carbocycles. The summed E-state index contributed by atoms with van der Waals surface area (Å²) >= 11 is 0. The number of hydrogen-bond acceptors (Lipinski definition) is 5. The first-order valence-corrected chi connectivity index (χ1v) is 9.34. The van der Waals surface area contributed by atoms with Crippen LogP contribution in [0.2, 0.25) is 0 Å². The van der Waals surface area contributed by atoms with Crippen LogP contribution in [0.5, 0.6) is 5.88 Å². The second-order valence-electron chi connectivity index (χ2n) is 6.98. The van der Waals surface area contributed by atoms with Gasteiger partial charge in [-0.3, -0.25) is 0 Å². The summed E-state index contributed by atoms with van der Waals surface area (Å²) in [6.07, 6.45) is 7.68. The van der Waals surface area contributed by atoms with Gasteiger partial charge in [-0.15, -0.1) is 0 Å². The molecule has 1 N–H and O–H groups in total. The summed E-state index contributed by atoms with van der Waals surface area (Å²) < 4.78 is 7.66. The third kappa shape index (κ3) is 3.70. The number of hydrogen-bond donors (Lipinski definition) is 1. The Bertz CT molecular complexity index is 704. The molecule has 0 saturated carbocycles. The molecule has 6 nitrogen and oxygen atoms in total. The second kappa shape index (κ2) is 7.54. The third-order valence-corrected chi connectivity index (χ3v) is 5.36. The van der Waals surface area contributed by atoms with Crippen LogP contribution in [-0.4, -0.2) is 59.3 Å². The first kappa shape index (κ1) is 16.5. The van der Waals surface area contributed by atoms with Gasteiger partial charge in [0.2, 0.25) is 5.88 Å². The van der Waals surface area contributed by atoms with Gasteiger partial charge in [0, 0.05) is 43.0 Å². The van der Waals surface area contributed by atoms with E-state index in [1.54, 1.807) is 13.3 Å². The first-order chi connectivity index (χ1) is 12.3. The van der Waals surface area contributed by atoms with Gasteiger partial charge in [0.25, 0.3) is 0 Å². The summed E-state index contributed by atoms with van der Waals surface area (Å²) in [5.41, 5.74) is 2.10. The lowest BCUT2D eigenvalue weighted by molar-refractivity contribution is 0.173. The Hall–Kier alpha value is -1.92. The highest BCUT2D eigenvalue weighted by Crippen LogP contribution is 2.29. The molecular weight excluding hydrogens is 314 g/mol. The minimum Gasteiger partial charge on any atom is -0.481 e. The van der Waals surface area contributed by atoms with Crippen molar-refractivity contribution in [3.8, 4) is 17.1 Å². The quantitative estimate of drug-likeness (QED) is 0.872. The van der Waals surface area contributed by atoms with Gasteiger partial charge < -0.3 is 19.5 Å². The Morgan fingerprint density at radius 1 is 1.24 bits per heavy atom. The van der Waals surface area contributed by atoms with E-state index in [-0.39, 0.29) is 0 Å². The number of aromatic nitrogens is 3. The molecule has 0 radical (unpaired) electrons. The molecule has 0 spiro atoms. The zero-order valence-corrected chi connectivity index (χ0v) is 14.9. The summed E-state index contributed by atoms with van der Waals surface area (Å²) in [5.74, 6) is 2.43. The SMILES string of the molecule is COc1cc(-c2cn(CCN3CCC3)c(C3CCNCC3)n2)ccn1. The maximum absolute atomic E-state index is 5.27. The van der Waals surface area contributed by atoms with Crippen LogP contribution < -0.4 is 10.1 Å².